The second-order valence-electron chi connectivity index (χ2n) is 10.8. The van der Waals surface area contributed by atoms with Gasteiger partial charge in [0.15, 0.2) is 12.1 Å². The SMILES string of the molecule is COC[C@H]1C(=O)[C@@]23[C@H]4O[C@@H]5O[C@@]2(O)[C@@H](O)[C@@H]2C(C)(C)CC[C@H](O)[C@]52[C@@H]3CC[C@H]14. The molecule has 0 unspecified atom stereocenters. The average Bonchev–Trinajstić information content (AvgIpc) is 2.78. The first-order chi connectivity index (χ1) is 13.2. The van der Waals surface area contributed by atoms with Crippen molar-refractivity contribution in [2.75, 3.05) is 13.7 Å². The molecular formula is C21H30O7. The molecule has 3 N–H and O–H groups in total. The molecule has 8 aliphatic rings. The van der Waals surface area contributed by atoms with Crippen LogP contribution in [0.2, 0.25) is 0 Å². The van der Waals surface area contributed by atoms with Gasteiger partial charge in [0.1, 0.15) is 11.5 Å². The Balaban J connectivity index is 1.63. The molecule has 7 nitrogen and oxygen atoms in total. The van der Waals surface area contributed by atoms with E-state index in [1.165, 1.54) is 0 Å². The van der Waals surface area contributed by atoms with Gasteiger partial charge in [0.05, 0.1) is 24.2 Å². The third-order valence-corrected chi connectivity index (χ3v) is 9.68. The van der Waals surface area contributed by atoms with Crippen LogP contribution in [0, 0.1) is 39.9 Å². The molecular weight excluding hydrogens is 364 g/mol. The molecule has 8 rings (SSSR count). The Labute approximate surface area is 164 Å². The van der Waals surface area contributed by atoms with Crippen LogP contribution < -0.4 is 0 Å². The Morgan fingerprint density at radius 3 is 2.68 bits per heavy atom. The van der Waals surface area contributed by atoms with E-state index >= 15 is 0 Å². The van der Waals surface area contributed by atoms with Crippen LogP contribution in [0.5, 0.6) is 0 Å². The van der Waals surface area contributed by atoms with Crippen molar-refractivity contribution >= 4 is 5.78 Å². The Kier molecular flexibility index (Phi) is 3.26. The number of carbonyl (C=O) groups excluding carboxylic acids is 1. The monoisotopic (exact) mass is 394 g/mol. The summed E-state index contributed by atoms with van der Waals surface area (Å²) >= 11 is 0. The molecule has 0 aromatic carbocycles. The highest BCUT2D eigenvalue weighted by molar-refractivity contribution is 5.93. The largest absolute Gasteiger partial charge is 0.392 e. The van der Waals surface area contributed by atoms with E-state index in [4.69, 9.17) is 14.2 Å². The lowest BCUT2D eigenvalue weighted by molar-refractivity contribution is -0.557. The van der Waals surface area contributed by atoms with Gasteiger partial charge in [0, 0.05) is 18.9 Å². The number of aliphatic hydroxyl groups is 3. The molecule has 156 valence electrons. The summed E-state index contributed by atoms with van der Waals surface area (Å²) in [5.74, 6) is -3.14. The average molecular weight is 394 g/mol. The summed E-state index contributed by atoms with van der Waals surface area (Å²) in [6.07, 6.45) is -0.396. The Morgan fingerprint density at radius 1 is 1.21 bits per heavy atom. The van der Waals surface area contributed by atoms with E-state index in [-0.39, 0.29) is 35.6 Å². The number of Topliss-reactive ketones (excluding diaryl/α,β-unsaturated/α-hetero) is 1. The standard InChI is InChI=1S/C21H30O7/c1-18(2)7-6-12(22)19-11-5-4-9-10(8-26-3)14(23)20(11)16(9)27-17(19)28-21(20,25)15(24)13(18)19/h9-13,15-17,22,24-25H,4-8H2,1-3H3/t9-,10-,11+,12+,13-,15+,16+,17-,19+,20+,21+/m1/s1. The Bertz CT molecular complexity index is 753. The zero-order chi connectivity index (χ0) is 19.9. The highest BCUT2D eigenvalue weighted by atomic mass is 16.8. The first kappa shape index (κ1) is 18.2. The van der Waals surface area contributed by atoms with Gasteiger partial charge in [0.2, 0.25) is 5.79 Å². The van der Waals surface area contributed by atoms with Crippen molar-refractivity contribution in [1.29, 1.82) is 0 Å². The maximum atomic E-state index is 13.9. The minimum absolute atomic E-state index is 0.0449. The second kappa shape index (κ2) is 5.01. The number of ketones is 1. The number of methoxy groups -OCH3 is 1. The third kappa shape index (κ3) is 1.48. The predicted octanol–water partition coefficient (Wildman–Crippen LogP) is 0.446. The number of ether oxygens (including phenoxy) is 3. The zero-order valence-electron chi connectivity index (χ0n) is 16.6. The van der Waals surface area contributed by atoms with Gasteiger partial charge in [-0.15, -0.1) is 0 Å². The van der Waals surface area contributed by atoms with Gasteiger partial charge in [-0.2, -0.15) is 0 Å². The molecule has 8 fully saturated rings. The van der Waals surface area contributed by atoms with Crippen LogP contribution in [0.4, 0.5) is 0 Å². The lowest BCUT2D eigenvalue weighted by atomic mass is 9.34. The van der Waals surface area contributed by atoms with Crippen LogP contribution in [0.1, 0.15) is 39.5 Å². The van der Waals surface area contributed by atoms with E-state index in [0.29, 0.717) is 6.42 Å². The quantitative estimate of drug-likeness (QED) is 0.624. The van der Waals surface area contributed by atoms with Crippen LogP contribution in [0.25, 0.3) is 0 Å². The molecule has 4 saturated carbocycles. The van der Waals surface area contributed by atoms with E-state index < -0.39 is 47.1 Å². The minimum Gasteiger partial charge on any atom is -0.392 e. The third-order valence-electron chi connectivity index (χ3n) is 9.68. The molecule has 7 bridgehead atoms. The number of hydrogen-bond acceptors (Lipinski definition) is 7. The fourth-order valence-electron chi connectivity index (χ4n) is 8.96. The minimum atomic E-state index is -1.97. The Hall–Kier alpha value is -0.570. The topological polar surface area (TPSA) is 105 Å². The molecule has 4 aliphatic heterocycles. The molecule has 4 heterocycles. The molecule has 11 atom stereocenters. The summed E-state index contributed by atoms with van der Waals surface area (Å²) in [6.45, 7) is 4.44. The maximum Gasteiger partial charge on any atom is 0.210 e. The van der Waals surface area contributed by atoms with Gasteiger partial charge in [-0.1, -0.05) is 13.8 Å². The van der Waals surface area contributed by atoms with Gasteiger partial charge >= 0.3 is 0 Å². The van der Waals surface area contributed by atoms with Crippen molar-refractivity contribution < 1.29 is 34.3 Å². The predicted molar refractivity (Wildman–Crippen MR) is 94.7 cm³/mol. The molecule has 0 aromatic heterocycles. The van der Waals surface area contributed by atoms with E-state index in [1.54, 1.807) is 7.11 Å². The highest BCUT2D eigenvalue weighted by Gasteiger charge is 2.92. The van der Waals surface area contributed by atoms with Crippen LogP contribution in [0.3, 0.4) is 0 Å². The number of rotatable bonds is 2. The molecule has 28 heavy (non-hydrogen) atoms. The van der Waals surface area contributed by atoms with Gasteiger partial charge in [0.25, 0.3) is 0 Å². The molecule has 0 amide bonds. The highest BCUT2D eigenvalue weighted by Crippen LogP contribution is 2.81. The van der Waals surface area contributed by atoms with E-state index in [0.717, 1.165) is 19.3 Å². The summed E-state index contributed by atoms with van der Waals surface area (Å²) in [5, 5.41) is 34.7. The van der Waals surface area contributed by atoms with Crippen molar-refractivity contribution in [2.45, 2.75) is 69.9 Å². The van der Waals surface area contributed by atoms with Crippen LogP contribution in [-0.2, 0) is 19.0 Å². The van der Waals surface area contributed by atoms with Gasteiger partial charge in [-0.05, 0) is 42.9 Å². The van der Waals surface area contributed by atoms with E-state index in [9.17, 15) is 20.1 Å². The Morgan fingerprint density at radius 2 is 1.96 bits per heavy atom. The lowest BCUT2D eigenvalue weighted by Gasteiger charge is -2.79. The molecule has 0 radical (unpaired) electrons. The molecule has 2 spiro atoms. The number of carbonyl (C=O) groups is 1. The van der Waals surface area contributed by atoms with Crippen molar-refractivity contribution in [3.63, 3.8) is 0 Å². The molecule has 4 saturated heterocycles. The van der Waals surface area contributed by atoms with Crippen LogP contribution in [0.15, 0.2) is 0 Å². The summed E-state index contributed by atoms with van der Waals surface area (Å²) in [7, 11) is 1.58. The smallest absolute Gasteiger partial charge is 0.210 e. The van der Waals surface area contributed by atoms with Crippen LogP contribution in [-0.4, -0.2) is 65.2 Å². The van der Waals surface area contributed by atoms with Gasteiger partial charge in [-0.25, -0.2) is 0 Å². The number of hydrogen-bond donors (Lipinski definition) is 3. The normalized spacial score (nSPS) is 62.9. The van der Waals surface area contributed by atoms with E-state index in [1.807, 2.05) is 0 Å². The lowest BCUT2D eigenvalue weighted by Crippen LogP contribution is -2.91. The molecule has 7 heteroatoms. The fraction of sp³-hybridized carbons (Fsp3) is 0.952. The van der Waals surface area contributed by atoms with Crippen LogP contribution >= 0.6 is 0 Å². The van der Waals surface area contributed by atoms with Crippen molar-refractivity contribution in [1.82, 2.24) is 0 Å². The van der Waals surface area contributed by atoms with Crippen molar-refractivity contribution in [3.05, 3.63) is 0 Å². The summed E-state index contributed by atoms with van der Waals surface area (Å²) < 4.78 is 17.8. The zero-order valence-corrected chi connectivity index (χ0v) is 16.6. The first-order valence-corrected chi connectivity index (χ1v) is 10.6. The van der Waals surface area contributed by atoms with Gasteiger partial charge in [-0.3, -0.25) is 4.79 Å². The van der Waals surface area contributed by atoms with Gasteiger partial charge < -0.3 is 29.5 Å². The molecule has 0 aromatic rings. The number of aliphatic hydroxyl groups excluding tert-OH is 2. The summed E-state index contributed by atoms with van der Waals surface area (Å²) in [6, 6.07) is 0. The summed E-state index contributed by atoms with van der Waals surface area (Å²) in [4.78, 5) is 13.9. The van der Waals surface area contributed by atoms with Crippen molar-refractivity contribution in [3.8, 4) is 0 Å². The van der Waals surface area contributed by atoms with E-state index in [2.05, 4.69) is 13.8 Å². The maximum absolute atomic E-state index is 13.9. The first-order valence-electron chi connectivity index (χ1n) is 10.6. The van der Waals surface area contributed by atoms with Crippen molar-refractivity contribution in [2.24, 2.45) is 39.9 Å². The molecule has 4 aliphatic carbocycles. The summed E-state index contributed by atoms with van der Waals surface area (Å²) in [5.41, 5.74) is -2.50. The fourth-order valence-corrected chi connectivity index (χ4v) is 8.96. The second-order valence-corrected chi connectivity index (χ2v) is 10.8.